The summed E-state index contributed by atoms with van der Waals surface area (Å²) in [6.07, 6.45) is 1.69. The minimum Gasteiger partial charge on any atom is -0.329 e. The molecule has 0 aliphatic heterocycles. The van der Waals surface area contributed by atoms with Crippen LogP contribution >= 0.6 is 0 Å². The van der Waals surface area contributed by atoms with Gasteiger partial charge in [-0.3, -0.25) is 14.1 Å². The summed E-state index contributed by atoms with van der Waals surface area (Å²) in [5.74, 6) is -0.306. The van der Waals surface area contributed by atoms with E-state index in [1.54, 1.807) is 42.4 Å². The Balaban J connectivity index is 1.67. The summed E-state index contributed by atoms with van der Waals surface area (Å²) < 4.78 is 27.9. The van der Waals surface area contributed by atoms with E-state index in [2.05, 4.69) is 4.98 Å². The van der Waals surface area contributed by atoms with Gasteiger partial charge in [0.1, 0.15) is 0 Å². The summed E-state index contributed by atoms with van der Waals surface area (Å²) in [6, 6.07) is 28.2. The fraction of sp³-hybridized carbons (Fsp3) is 0.143. The van der Waals surface area contributed by atoms with Crippen molar-refractivity contribution >= 4 is 21.6 Å². The fourth-order valence-electron chi connectivity index (χ4n) is 3.93. The number of rotatable bonds is 7. The van der Waals surface area contributed by atoms with Crippen molar-refractivity contribution in [2.24, 2.45) is 0 Å². The zero-order valence-corrected chi connectivity index (χ0v) is 20.7. The molecule has 1 aromatic heterocycles. The minimum absolute atomic E-state index is 0.0499. The van der Waals surface area contributed by atoms with Gasteiger partial charge in [0.05, 0.1) is 22.3 Å². The van der Waals surface area contributed by atoms with Crippen molar-refractivity contribution in [3.8, 4) is 0 Å². The van der Waals surface area contributed by atoms with Crippen LogP contribution in [0.4, 0.5) is 5.69 Å². The molecule has 0 saturated heterocycles. The lowest BCUT2D eigenvalue weighted by Crippen LogP contribution is -2.33. The quantitative estimate of drug-likeness (QED) is 0.366. The normalized spacial score (nSPS) is 12.1. The molecule has 0 fully saturated rings. The Kier molecular flexibility index (Phi) is 6.98. The number of amides is 1. The highest BCUT2D eigenvalue weighted by Crippen LogP contribution is 2.28. The van der Waals surface area contributed by atoms with Crippen molar-refractivity contribution in [2.75, 3.05) is 18.4 Å². The lowest BCUT2D eigenvalue weighted by molar-refractivity contribution is 0.0752. The number of carbonyl (C=O) groups is 1. The number of sulfonamides is 1. The smallest absolute Gasteiger partial charge is 0.264 e. The molecule has 6 nitrogen and oxygen atoms in total. The fourth-order valence-corrected chi connectivity index (χ4v) is 5.17. The van der Waals surface area contributed by atoms with Gasteiger partial charge in [0, 0.05) is 25.9 Å². The number of nitrogens with zero attached hydrogens (tertiary/aromatic N) is 3. The number of benzene rings is 3. The standard InChI is InChI=1S/C28H27N3O3S/c1-21-15-17-24(18-16-21)31(3)35(33,34)25-13-9-12-23(20-25)28(32)30(2)27(22-10-5-4-6-11-22)26-14-7-8-19-29-26/h4-20,27H,1-3H3. The van der Waals surface area contributed by atoms with Crippen molar-refractivity contribution in [2.45, 2.75) is 17.9 Å². The van der Waals surface area contributed by atoms with Crippen LogP contribution in [0.5, 0.6) is 0 Å². The van der Waals surface area contributed by atoms with Gasteiger partial charge in [-0.25, -0.2) is 8.42 Å². The molecule has 178 valence electrons. The number of aryl methyl sites for hydroxylation is 1. The number of carbonyl (C=O) groups excluding carboxylic acids is 1. The first-order valence-electron chi connectivity index (χ1n) is 11.2. The highest BCUT2D eigenvalue weighted by Gasteiger charge is 2.27. The van der Waals surface area contributed by atoms with E-state index in [-0.39, 0.29) is 16.4 Å². The van der Waals surface area contributed by atoms with E-state index < -0.39 is 16.1 Å². The van der Waals surface area contributed by atoms with Crippen molar-refractivity contribution < 1.29 is 13.2 Å². The molecule has 4 rings (SSSR count). The van der Waals surface area contributed by atoms with Crippen LogP contribution in [-0.4, -0.2) is 38.3 Å². The zero-order valence-electron chi connectivity index (χ0n) is 19.9. The predicted octanol–water partition coefficient (Wildman–Crippen LogP) is 5.08. The second kappa shape index (κ2) is 10.1. The van der Waals surface area contributed by atoms with Gasteiger partial charge >= 0.3 is 0 Å². The van der Waals surface area contributed by atoms with Gasteiger partial charge in [0.25, 0.3) is 15.9 Å². The molecule has 3 aromatic carbocycles. The molecular weight excluding hydrogens is 458 g/mol. The lowest BCUT2D eigenvalue weighted by atomic mass is 10.0. The van der Waals surface area contributed by atoms with Crippen LogP contribution in [-0.2, 0) is 10.0 Å². The molecule has 0 aliphatic carbocycles. The Labute approximate surface area is 206 Å². The van der Waals surface area contributed by atoms with E-state index in [9.17, 15) is 13.2 Å². The first-order chi connectivity index (χ1) is 16.8. The maximum atomic E-state index is 13.6. The molecule has 1 unspecified atom stereocenters. The molecular formula is C28H27N3O3S. The van der Waals surface area contributed by atoms with Crippen LogP contribution in [0.25, 0.3) is 0 Å². The summed E-state index contributed by atoms with van der Waals surface area (Å²) in [5.41, 5.74) is 3.49. The second-order valence-corrected chi connectivity index (χ2v) is 10.3. The highest BCUT2D eigenvalue weighted by molar-refractivity contribution is 7.92. The number of hydrogen-bond acceptors (Lipinski definition) is 4. The average molecular weight is 486 g/mol. The van der Waals surface area contributed by atoms with E-state index >= 15 is 0 Å². The Hall–Kier alpha value is -3.97. The zero-order chi connectivity index (χ0) is 25.0. The van der Waals surface area contributed by atoms with Crippen LogP contribution < -0.4 is 4.31 Å². The average Bonchev–Trinajstić information content (AvgIpc) is 2.89. The molecule has 0 spiro atoms. The maximum Gasteiger partial charge on any atom is 0.264 e. The van der Waals surface area contributed by atoms with Crippen LogP contribution in [0.1, 0.15) is 33.2 Å². The minimum atomic E-state index is -3.86. The first-order valence-corrected chi connectivity index (χ1v) is 12.6. The molecule has 0 N–H and O–H groups in total. The molecule has 0 saturated carbocycles. The SMILES string of the molecule is Cc1ccc(N(C)S(=O)(=O)c2cccc(C(=O)N(C)C(c3ccccc3)c3ccccn3)c2)cc1. The van der Waals surface area contributed by atoms with Crippen LogP contribution in [0.15, 0.2) is 108 Å². The molecule has 0 bridgehead atoms. The summed E-state index contributed by atoms with van der Waals surface area (Å²) in [5, 5.41) is 0. The molecule has 1 atom stereocenters. The van der Waals surface area contributed by atoms with Crippen molar-refractivity contribution in [3.05, 3.63) is 126 Å². The van der Waals surface area contributed by atoms with Gasteiger partial charge in [-0.05, 0) is 55.0 Å². The second-order valence-electron chi connectivity index (χ2n) is 8.32. The van der Waals surface area contributed by atoms with Gasteiger partial charge < -0.3 is 4.90 Å². The van der Waals surface area contributed by atoms with E-state index in [1.807, 2.05) is 67.6 Å². The molecule has 0 radical (unpaired) electrons. The van der Waals surface area contributed by atoms with Crippen molar-refractivity contribution in [1.82, 2.24) is 9.88 Å². The van der Waals surface area contributed by atoms with Gasteiger partial charge in [0.15, 0.2) is 0 Å². The molecule has 1 heterocycles. The summed E-state index contributed by atoms with van der Waals surface area (Å²) in [4.78, 5) is 19.7. The largest absolute Gasteiger partial charge is 0.329 e. The topological polar surface area (TPSA) is 70.6 Å². The van der Waals surface area contributed by atoms with E-state index in [1.165, 1.54) is 23.5 Å². The van der Waals surface area contributed by atoms with Crippen molar-refractivity contribution in [1.29, 1.82) is 0 Å². The Morgan fingerprint density at radius 3 is 2.17 bits per heavy atom. The van der Waals surface area contributed by atoms with E-state index in [0.29, 0.717) is 5.69 Å². The molecule has 4 aromatic rings. The summed E-state index contributed by atoms with van der Waals surface area (Å²) >= 11 is 0. The number of aromatic nitrogens is 1. The Morgan fingerprint density at radius 2 is 1.51 bits per heavy atom. The maximum absolute atomic E-state index is 13.6. The number of pyridine rings is 1. The van der Waals surface area contributed by atoms with Gasteiger partial charge in [-0.15, -0.1) is 0 Å². The molecule has 35 heavy (non-hydrogen) atoms. The van der Waals surface area contributed by atoms with Gasteiger partial charge in [-0.2, -0.15) is 0 Å². The van der Waals surface area contributed by atoms with Crippen LogP contribution in [0.3, 0.4) is 0 Å². The van der Waals surface area contributed by atoms with Gasteiger partial charge in [0.2, 0.25) is 0 Å². The predicted molar refractivity (Wildman–Crippen MR) is 138 cm³/mol. The third-order valence-electron chi connectivity index (χ3n) is 5.93. The third-order valence-corrected chi connectivity index (χ3v) is 7.71. The van der Waals surface area contributed by atoms with Gasteiger partial charge in [-0.1, -0.05) is 60.2 Å². The van der Waals surface area contributed by atoms with E-state index in [0.717, 1.165) is 16.8 Å². The number of anilines is 1. The third kappa shape index (κ3) is 5.10. The molecule has 0 aliphatic rings. The van der Waals surface area contributed by atoms with Crippen LogP contribution in [0, 0.1) is 6.92 Å². The molecule has 1 amide bonds. The van der Waals surface area contributed by atoms with Crippen LogP contribution in [0.2, 0.25) is 0 Å². The Morgan fingerprint density at radius 1 is 0.829 bits per heavy atom. The highest BCUT2D eigenvalue weighted by atomic mass is 32.2. The lowest BCUT2D eigenvalue weighted by Gasteiger charge is -2.28. The van der Waals surface area contributed by atoms with Crippen molar-refractivity contribution in [3.63, 3.8) is 0 Å². The molecule has 7 heteroatoms. The van der Waals surface area contributed by atoms with E-state index in [4.69, 9.17) is 0 Å². The first kappa shape index (κ1) is 24.2. The Bertz CT molecular complexity index is 1370. The number of hydrogen-bond donors (Lipinski definition) is 0. The summed E-state index contributed by atoms with van der Waals surface area (Å²) in [7, 11) is -0.651. The summed E-state index contributed by atoms with van der Waals surface area (Å²) in [6.45, 7) is 1.94. The monoisotopic (exact) mass is 485 g/mol.